The average Bonchev–Trinajstić information content (AvgIpc) is 3.51. The van der Waals surface area contributed by atoms with Crippen LogP contribution in [0.4, 0.5) is 10.2 Å². The lowest BCUT2D eigenvalue weighted by Crippen LogP contribution is -2.33. The molecular formula is C22H26FN5O5. The van der Waals surface area contributed by atoms with Gasteiger partial charge in [-0.3, -0.25) is 4.57 Å². The number of nitrogens with one attached hydrogen (secondary N) is 1. The van der Waals surface area contributed by atoms with Crippen LogP contribution in [0.1, 0.15) is 31.1 Å². The van der Waals surface area contributed by atoms with E-state index in [1.807, 2.05) is 6.07 Å². The Bertz CT molecular complexity index is 1110. The SMILES string of the molecule is OC[C@H]1OC(n2cnc3c(N[C@H]4CCC[C@@H]4OCc4cccc(F)c4)ncnc32)[C@H](O)[C@@H]1O. The van der Waals surface area contributed by atoms with Crippen LogP contribution < -0.4 is 5.32 Å². The van der Waals surface area contributed by atoms with Crippen LogP contribution in [0.25, 0.3) is 11.2 Å². The summed E-state index contributed by atoms with van der Waals surface area (Å²) in [6.07, 6.45) is 1.26. The number of fused-ring (bicyclic) bond motifs is 1. The van der Waals surface area contributed by atoms with E-state index in [1.165, 1.54) is 29.4 Å². The van der Waals surface area contributed by atoms with E-state index >= 15 is 0 Å². The molecule has 1 aliphatic carbocycles. The minimum absolute atomic E-state index is 0.00396. The van der Waals surface area contributed by atoms with Gasteiger partial charge in [0.15, 0.2) is 23.2 Å². The van der Waals surface area contributed by atoms with Gasteiger partial charge in [-0.05, 0) is 37.0 Å². The molecule has 33 heavy (non-hydrogen) atoms. The highest BCUT2D eigenvalue weighted by Gasteiger charge is 2.44. The predicted molar refractivity (Wildman–Crippen MR) is 115 cm³/mol. The normalized spacial score (nSPS) is 29.7. The van der Waals surface area contributed by atoms with E-state index < -0.39 is 31.1 Å². The Hall–Kier alpha value is -2.70. The Morgan fingerprint density at radius 3 is 2.85 bits per heavy atom. The van der Waals surface area contributed by atoms with Crippen molar-refractivity contribution in [1.29, 1.82) is 0 Å². The summed E-state index contributed by atoms with van der Waals surface area (Å²) < 4.78 is 26.6. The molecule has 1 unspecified atom stereocenters. The predicted octanol–water partition coefficient (Wildman–Crippen LogP) is 1.13. The largest absolute Gasteiger partial charge is 0.394 e. The van der Waals surface area contributed by atoms with Crippen LogP contribution in [0.15, 0.2) is 36.9 Å². The molecule has 1 aliphatic heterocycles. The van der Waals surface area contributed by atoms with E-state index in [-0.39, 0.29) is 18.0 Å². The van der Waals surface area contributed by atoms with E-state index in [0.29, 0.717) is 23.6 Å². The van der Waals surface area contributed by atoms with E-state index in [2.05, 4.69) is 20.3 Å². The number of ether oxygens (including phenoxy) is 2. The van der Waals surface area contributed by atoms with Gasteiger partial charge in [-0.1, -0.05) is 12.1 Å². The summed E-state index contributed by atoms with van der Waals surface area (Å²) in [5.74, 6) is 0.238. The van der Waals surface area contributed by atoms with Gasteiger partial charge in [0.1, 0.15) is 30.5 Å². The topological polar surface area (TPSA) is 135 Å². The molecular weight excluding hydrogens is 433 g/mol. The Kier molecular flexibility index (Phi) is 6.21. The molecule has 2 fully saturated rings. The van der Waals surface area contributed by atoms with Crippen molar-refractivity contribution in [2.45, 2.75) is 62.6 Å². The Morgan fingerprint density at radius 1 is 1.18 bits per heavy atom. The minimum Gasteiger partial charge on any atom is -0.394 e. The molecule has 0 spiro atoms. The second-order valence-corrected chi connectivity index (χ2v) is 8.44. The van der Waals surface area contributed by atoms with E-state index in [4.69, 9.17) is 9.47 Å². The van der Waals surface area contributed by atoms with Crippen molar-refractivity contribution < 1.29 is 29.2 Å². The number of aliphatic hydroxyl groups is 3. The smallest absolute Gasteiger partial charge is 0.167 e. The molecule has 1 saturated heterocycles. The first-order valence-corrected chi connectivity index (χ1v) is 11.0. The molecule has 176 valence electrons. The first-order valence-electron chi connectivity index (χ1n) is 11.0. The van der Waals surface area contributed by atoms with E-state index in [1.54, 1.807) is 6.07 Å². The number of rotatable bonds is 7. The lowest BCUT2D eigenvalue weighted by Gasteiger charge is -2.22. The lowest BCUT2D eigenvalue weighted by atomic mass is 10.1. The molecule has 1 saturated carbocycles. The molecule has 0 amide bonds. The van der Waals surface area contributed by atoms with Gasteiger partial charge in [-0.25, -0.2) is 19.3 Å². The van der Waals surface area contributed by atoms with Gasteiger partial charge < -0.3 is 30.1 Å². The molecule has 5 rings (SSSR count). The fourth-order valence-corrected chi connectivity index (χ4v) is 4.55. The first kappa shape index (κ1) is 22.1. The molecule has 1 aromatic carbocycles. The summed E-state index contributed by atoms with van der Waals surface area (Å²) in [4.78, 5) is 13.0. The number of anilines is 1. The molecule has 4 N–H and O–H groups in total. The molecule has 0 radical (unpaired) electrons. The summed E-state index contributed by atoms with van der Waals surface area (Å²) >= 11 is 0. The zero-order chi connectivity index (χ0) is 22.9. The van der Waals surface area contributed by atoms with Gasteiger partial charge in [0.2, 0.25) is 0 Å². The Balaban J connectivity index is 1.32. The number of aromatic nitrogens is 4. The maximum absolute atomic E-state index is 13.4. The Labute approximate surface area is 189 Å². The molecule has 10 nitrogen and oxygen atoms in total. The third-order valence-electron chi connectivity index (χ3n) is 6.28. The number of hydrogen-bond acceptors (Lipinski definition) is 9. The highest BCUT2D eigenvalue weighted by atomic mass is 19.1. The van der Waals surface area contributed by atoms with Crippen LogP contribution in [0.2, 0.25) is 0 Å². The summed E-state index contributed by atoms with van der Waals surface area (Å²) in [7, 11) is 0. The highest BCUT2D eigenvalue weighted by molar-refractivity contribution is 5.82. The first-order chi connectivity index (χ1) is 16.0. The fraction of sp³-hybridized carbons (Fsp3) is 0.500. The van der Waals surface area contributed by atoms with Gasteiger partial charge in [-0.2, -0.15) is 0 Å². The van der Waals surface area contributed by atoms with E-state index in [9.17, 15) is 19.7 Å². The van der Waals surface area contributed by atoms with Crippen LogP contribution in [-0.4, -0.2) is 71.9 Å². The van der Waals surface area contributed by atoms with Crippen molar-refractivity contribution in [2.24, 2.45) is 0 Å². The molecule has 2 aliphatic rings. The molecule has 6 atom stereocenters. The summed E-state index contributed by atoms with van der Waals surface area (Å²) in [6, 6.07) is 6.37. The van der Waals surface area contributed by atoms with Crippen LogP contribution in [0, 0.1) is 5.82 Å². The number of imidazole rings is 1. The van der Waals surface area contributed by atoms with Gasteiger partial charge in [0, 0.05) is 0 Å². The van der Waals surface area contributed by atoms with Crippen molar-refractivity contribution >= 4 is 17.0 Å². The van der Waals surface area contributed by atoms with E-state index in [0.717, 1.165) is 24.8 Å². The van der Waals surface area contributed by atoms with Crippen LogP contribution >= 0.6 is 0 Å². The van der Waals surface area contributed by atoms with Crippen molar-refractivity contribution in [1.82, 2.24) is 19.5 Å². The summed E-state index contributed by atoms with van der Waals surface area (Å²) in [5, 5.41) is 33.2. The molecule has 11 heteroatoms. The number of hydrogen-bond donors (Lipinski definition) is 4. The number of aliphatic hydroxyl groups excluding tert-OH is 3. The van der Waals surface area contributed by atoms with Gasteiger partial charge in [-0.15, -0.1) is 0 Å². The number of nitrogens with zero attached hydrogens (tertiary/aromatic N) is 4. The third-order valence-corrected chi connectivity index (χ3v) is 6.28. The maximum atomic E-state index is 13.4. The highest BCUT2D eigenvalue weighted by Crippen LogP contribution is 2.33. The monoisotopic (exact) mass is 459 g/mol. The van der Waals surface area contributed by atoms with Crippen molar-refractivity contribution in [3.8, 4) is 0 Å². The average molecular weight is 459 g/mol. The maximum Gasteiger partial charge on any atom is 0.167 e. The third kappa shape index (κ3) is 4.30. The van der Waals surface area contributed by atoms with Crippen molar-refractivity contribution in [2.75, 3.05) is 11.9 Å². The standard InChI is InChI=1S/C22H26FN5O5/c23-13-4-1-3-12(7-13)9-32-15-6-2-5-14(15)27-20-17-21(25-10-24-20)28(11-26-17)22-19(31)18(30)16(8-29)33-22/h1,3-4,7,10-11,14-16,18-19,22,29-31H,2,5-6,8-9H2,(H,24,25,27)/t14-,15-,16+,18+,19+,22?/m0/s1. The molecule has 3 heterocycles. The quantitative estimate of drug-likeness (QED) is 0.410. The van der Waals surface area contributed by atoms with Crippen LogP contribution in [0.3, 0.4) is 0 Å². The second kappa shape index (κ2) is 9.27. The van der Waals surface area contributed by atoms with Crippen LogP contribution in [0.5, 0.6) is 0 Å². The van der Waals surface area contributed by atoms with Gasteiger partial charge in [0.25, 0.3) is 0 Å². The molecule has 0 bridgehead atoms. The minimum atomic E-state index is -1.23. The van der Waals surface area contributed by atoms with Crippen LogP contribution in [-0.2, 0) is 16.1 Å². The molecule has 2 aromatic heterocycles. The molecule has 3 aromatic rings. The number of benzene rings is 1. The zero-order valence-corrected chi connectivity index (χ0v) is 17.8. The summed E-state index contributed by atoms with van der Waals surface area (Å²) in [6.45, 7) is -0.0957. The fourth-order valence-electron chi connectivity index (χ4n) is 4.55. The van der Waals surface area contributed by atoms with Crippen molar-refractivity contribution in [3.05, 3.63) is 48.3 Å². The zero-order valence-electron chi connectivity index (χ0n) is 17.8. The second-order valence-electron chi connectivity index (χ2n) is 8.44. The van der Waals surface area contributed by atoms with Gasteiger partial charge >= 0.3 is 0 Å². The summed E-state index contributed by atoms with van der Waals surface area (Å²) in [5.41, 5.74) is 1.70. The number of halogens is 1. The Morgan fingerprint density at radius 2 is 2.06 bits per heavy atom. The van der Waals surface area contributed by atoms with Crippen molar-refractivity contribution in [3.63, 3.8) is 0 Å². The van der Waals surface area contributed by atoms with Gasteiger partial charge in [0.05, 0.1) is 31.7 Å². The lowest BCUT2D eigenvalue weighted by molar-refractivity contribution is -0.0511.